The highest BCUT2D eigenvalue weighted by Crippen LogP contribution is 2.33. The molecule has 1 aliphatic rings. The van der Waals surface area contributed by atoms with Gasteiger partial charge in [-0.1, -0.05) is 25.1 Å². The lowest BCUT2D eigenvalue weighted by Crippen LogP contribution is -2.43. The predicted octanol–water partition coefficient (Wildman–Crippen LogP) is 3.70. The van der Waals surface area contributed by atoms with Crippen molar-refractivity contribution >= 4 is 23.3 Å². The van der Waals surface area contributed by atoms with Crippen molar-refractivity contribution in [2.75, 3.05) is 0 Å². The van der Waals surface area contributed by atoms with Gasteiger partial charge < -0.3 is 5.32 Å². The molecule has 0 bridgehead atoms. The number of carbonyl (C=O) groups is 2. The Balaban J connectivity index is 1.59. The Morgan fingerprint density at radius 3 is 2.64 bits per heavy atom. The van der Waals surface area contributed by atoms with Gasteiger partial charge >= 0.3 is 6.03 Å². The molecule has 6 nitrogen and oxygen atoms in total. The molecule has 1 fully saturated rings. The van der Waals surface area contributed by atoms with Gasteiger partial charge in [-0.15, -0.1) is 11.3 Å². The second kappa shape index (κ2) is 7.12. The summed E-state index contributed by atoms with van der Waals surface area (Å²) in [6.07, 6.45) is 2.04. The van der Waals surface area contributed by atoms with Crippen LogP contribution in [0.3, 0.4) is 0 Å². The van der Waals surface area contributed by atoms with Gasteiger partial charge in [0.1, 0.15) is 16.4 Å². The first kappa shape index (κ1) is 18.2. The molecule has 142 valence electrons. The first-order valence-electron chi connectivity index (χ1n) is 8.79. The third kappa shape index (κ3) is 3.05. The maximum Gasteiger partial charge on any atom is 0.325 e. The summed E-state index contributed by atoms with van der Waals surface area (Å²) in [5.41, 5.74) is 0.722. The summed E-state index contributed by atoms with van der Waals surface area (Å²) in [4.78, 5) is 35.6. The van der Waals surface area contributed by atoms with E-state index in [0.29, 0.717) is 17.7 Å². The van der Waals surface area contributed by atoms with Crippen molar-refractivity contribution in [1.82, 2.24) is 20.2 Å². The molecule has 1 unspecified atom stereocenters. The van der Waals surface area contributed by atoms with Crippen LogP contribution in [0.5, 0.6) is 0 Å². The Labute approximate surface area is 165 Å². The van der Waals surface area contributed by atoms with Gasteiger partial charge in [-0.25, -0.2) is 14.2 Å². The standard InChI is InChI=1S/C20H17FN4O2S/c1-2-20(13-6-8-14(21)9-7-13)18(26)25(19(27)24-20)11-15-12-28-17(23-15)16-5-3-4-10-22-16/h3-10,12H,2,11H2,1H3,(H,24,27). The lowest BCUT2D eigenvalue weighted by atomic mass is 9.87. The summed E-state index contributed by atoms with van der Waals surface area (Å²) in [6, 6.07) is 10.7. The molecular weight excluding hydrogens is 379 g/mol. The highest BCUT2D eigenvalue weighted by molar-refractivity contribution is 7.13. The van der Waals surface area contributed by atoms with Crippen LogP contribution < -0.4 is 5.32 Å². The second-order valence-electron chi connectivity index (χ2n) is 6.45. The Bertz CT molecular complexity index is 1020. The number of urea groups is 1. The molecule has 3 amide bonds. The molecule has 0 spiro atoms. The first-order valence-corrected chi connectivity index (χ1v) is 9.67. The van der Waals surface area contributed by atoms with Gasteiger partial charge in [0, 0.05) is 11.6 Å². The number of hydrogen-bond acceptors (Lipinski definition) is 5. The summed E-state index contributed by atoms with van der Waals surface area (Å²) in [6.45, 7) is 1.88. The van der Waals surface area contributed by atoms with Crippen molar-refractivity contribution in [3.63, 3.8) is 0 Å². The van der Waals surface area contributed by atoms with Crippen LogP contribution in [0.2, 0.25) is 0 Å². The molecule has 3 aromatic rings. The molecule has 0 radical (unpaired) electrons. The average Bonchev–Trinajstić information content (AvgIpc) is 3.28. The zero-order valence-electron chi connectivity index (χ0n) is 15.1. The number of pyridine rings is 1. The van der Waals surface area contributed by atoms with E-state index in [9.17, 15) is 14.0 Å². The van der Waals surface area contributed by atoms with Crippen LogP contribution in [0.25, 0.3) is 10.7 Å². The minimum atomic E-state index is -1.19. The number of aromatic nitrogens is 2. The van der Waals surface area contributed by atoms with Crippen LogP contribution in [0.4, 0.5) is 9.18 Å². The lowest BCUT2D eigenvalue weighted by molar-refractivity contribution is -0.132. The molecule has 1 aliphatic heterocycles. The van der Waals surface area contributed by atoms with Crippen LogP contribution in [-0.2, 0) is 16.9 Å². The van der Waals surface area contributed by atoms with Gasteiger partial charge in [0.2, 0.25) is 0 Å². The highest BCUT2D eigenvalue weighted by Gasteiger charge is 2.51. The molecule has 2 aromatic heterocycles. The number of nitrogens with one attached hydrogen (secondary N) is 1. The minimum Gasteiger partial charge on any atom is -0.319 e. The van der Waals surface area contributed by atoms with E-state index >= 15 is 0 Å². The zero-order chi connectivity index (χ0) is 19.7. The quantitative estimate of drug-likeness (QED) is 0.667. The molecular formula is C20H17FN4O2S. The Kier molecular flexibility index (Phi) is 4.64. The number of thiazole rings is 1. The molecule has 1 aromatic carbocycles. The maximum absolute atomic E-state index is 13.3. The monoisotopic (exact) mass is 396 g/mol. The topological polar surface area (TPSA) is 75.2 Å². The van der Waals surface area contributed by atoms with Crippen molar-refractivity contribution < 1.29 is 14.0 Å². The molecule has 0 saturated carbocycles. The normalized spacial score (nSPS) is 19.1. The van der Waals surface area contributed by atoms with Crippen LogP contribution in [0, 0.1) is 5.82 Å². The van der Waals surface area contributed by atoms with Gasteiger partial charge in [0.05, 0.1) is 17.9 Å². The molecule has 1 atom stereocenters. The van der Waals surface area contributed by atoms with E-state index in [0.717, 1.165) is 15.6 Å². The Morgan fingerprint density at radius 1 is 1.18 bits per heavy atom. The maximum atomic E-state index is 13.3. The van der Waals surface area contributed by atoms with Gasteiger partial charge in [0.15, 0.2) is 0 Å². The lowest BCUT2D eigenvalue weighted by Gasteiger charge is -2.25. The van der Waals surface area contributed by atoms with E-state index < -0.39 is 17.4 Å². The third-order valence-corrected chi connectivity index (χ3v) is 5.71. The molecule has 1 N–H and O–H groups in total. The zero-order valence-corrected chi connectivity index (χ0v) is 15.9. The largest absolute Gasteiger partial charge is 0.325 e. The average molecular weight is 396 g/mol. The van der Waals surface area contributed by atoms with Crippen LogP contribution >= 0.6 is 11.3 Å². The number of nitrogens with zero attached hydrogens (tertiary/aromatic N) is 3. The van der Waals surface area contributed by atoms with Crippen molar-refractivity contribution in [3.05, 3.63) is 71.1 Å². The van der Waals surface area contributed by atoms with Gasteiger partial charge in [-0.3, -0.25) is 14.7 Å². The summed E-state index contributed by atoms with van der Waals surface area (Å²) < 4.78 is 13.3. The third-order valence-electron chi connectivity index (χ3n) is 4.80. The predicted molar refractivity (Wildman–Crippen MR) is 103 cm³/mol. The first-order chi connectivity index (χ1) is 13.5. The summed E-state index contributed by atoms with van der Waals surface area (Å²) >= 11 is 1.41. The van der Waals surface area contributed by atoms with Crippen LogP contribution in [-0.4, -0.2) is 26.8 Å². The second-order valence-corrected chi connectivity index (χ2v) is 7.30. The van der Waals surface area contributed by atoms with Crippen molar-refractivity contribution in [3.8, 4) is 10.7 Å². The van der Waals surface area contributed by atoms with E-state index in [-0.39, 0.29) is 12.5 Å². The smallest absolute Gasteiger partial charge is 0.319 e. The van der Waals surface area contributed by atoms with E-state index in [4.69, 9.17) is 0 Å². The number of hydrogen-bond donors (Lipinski definition) is 1. The summed E-state index contributed by atoms with van der Waals surface area (Å²) in [7, 11) is 0. The van der Waals surface area contributed by atoms with Crippen molar-refractivity contribution in [1.29, 1.82) is 0 Å². The van der Waals surface area contributed by atoms with Crippen LogP contribution in [0.15, 0.2) is 54.0 Å². The van der Waals surface area contributed by atoms with E-state index in [2.05, 4.69) is 15.3 Å². The molecule has 28 heavy (non-hydrogen) atoms. The summed E-state index contributed by atoms with van der Waals surface area (Å²) in [5.74, 6) is -0.757. The Morgan fingerprint density at radius 2 is 1.96 bits per heavy atom. The number of carbonyl (C=O) groups excluding carboxylic acids is 2. The summed E-state index contributed by atoms with van der Waals surface area (Å²) in [5, 5.41) is 5.33. The molecule has 8 heteroatoms. The van der Waals surface area contributed by atoms with Crippen LogP contribution in [0.1, 0.15) is 24.6 Å². The number of halogens is 1. The van der Waals surface area contributed by atoms with Crippen molar-refractivity contribution in [2.45, 2.75) is 25.4 Å². The van der Waals surface area contributed by atoms with Gasteiger partial charge in [0.25, 0.3) is 5.91 Å². The minimum absolute atomic E-state index is 0.0664. The number of rotatable bonds is 5. The molecule has 4 rings (SSSR count). The fourth-order valence-electron chi connectivity index (χ4n) is 3.29. The molecule has 1 saturated heterocycles. The Hall–Kier alpha value is -3.13. The number of amides is 3. The number of benzene rings is 1. The van der Waals surface area contributed by atoms with E-state index in [1.54, 1.807) is 6.20 Å². The highest BCUT2D eigenvalue weighted by atomic mass is 32.1. The fourth-order valence-corrected chi connectivity index (χ4v) is 4.08. The number of imide groups is 1. The van der Waals surface area contributed by atoms with Gasteiger partial charge in [-0.05, 0) is 36.2 Å². The molecule has 3 heterocycles. The fraction of sp³-hybridized carbons (Fsp3) is 0.200. The van der Waals surface area contributed by atoms with E-state index in [1.165, 1.54) is 35.6 Å². The van der Waals surface area contributed by atoms with Gasteiger partial charge in [-0.2, -0.15) is 0 Å². The SMILES string of the molecule is CCC1(c2ccc(F)cc2)NC(=O)N(Cc2csc(-c3ccccn3)n2)C1=O. The van der Waals surface area contributed by atoms with Crippen molar-refractivity contribution in [2.24, 2.45) is 0 Å². The molecule has 0 aliphatic carbocycles. The van der Waals surface area contributed by atoms with E-state index in [1.807, 2.05) is 30.5 Å².